The summed E-state index contributed by atoms with van der Waals surface area (Å²) in [4.78, 5) is 0. The molecule has 70 valence electrons. The lowest BCUT2D eigenvalue weighted by molar-refractivity contribution is 0.385. The molecule has 1 fully saturated rings. The lowest BCUT2D eigenvalue weighted by Gasteiger charge is -2.28. The summed E-state index contributed by atoms with van der Waals surface area (Å²) in [6.07, 6.45) is 0. The van der Waals surface area contributed by atoms with Crippen molar-refractivity contribution in [3.63, 3.8) is 0 Å². The molecule has 0 saturated carbocycles. The molecule has 1 aliphatic rings. The first-order chi connectivity index (χ1) is 6.31. The molecule has 2 nitrogen and oxygen atoms in total. The molecule has 1 heterocycles. The number of rotatable bonds is 2. The summed E-state index contributed by atoms with van der Waals surface area (Å²) in [5.41, 5.74) is 1.26. The van der Waals surface area contributed by atoms with E-state index < -0.39 is 0 Å². The summed E-state index contributed by atoms with van der Waals surface area (Å²) in [6, 6.07) is 5.83. The van der Waals surface area contributed by atoms with Crippen molar-refractivity contribution in [1.29, 1.82) is 0 Å². The van der Waals surface area contributed by atoms with Gasteiger partial charge < -0.3 is 10.1 Å². The normalized spacial score (nSPS) is 16.8. The summed E-state index contributed by atoms with van der Waals surface area (Å²) >= 11 is 5.87. The van der Waals surface area contributed by atoms with Crippen molar-refractivity contribution < 1.29 is 4.74 Å². The van der Waals surface area contributed by atoms with Crippen LogP contribution in [0.3, 0.4) is 0 Å². The molecule has 13 heavy (non-hydrogen) atoms. The van der Waals surface area contributed by atoms with E-state index in [1.165, 1.54) is 5.56 Å². The second-order valence-electron chi connectivity index (χ2n) is 3.24. The number of hydrogen-bond acceptors (Lipinski definition) is 2. The molecule has 1 aromatic rings. The highest BCUT2D eigenvalue weighted by Crippen LogP contribution is 2.31. The van der Waals surface area contributed by atoms with Gasteiger partial charge in [0.25, 0.3) is 0 Å². The Balaban J connectivity index is 2.32. The predicted octanol–water partition coefficient (Wildman–Crippen LogP) is 2.04. The Bertz CT molecular complexity index is 310. The van der Waals surface area contributed by atoms with Gasteiger partial charge in [-0.1, -0.05) is 17.7 Å². The van der Waals surface area contributed by atoms with Crippen LogP contribution in [0, 0.1) is 0 Å². The third kappa shape index (κ3) is 1.64. The molecule has 1 aromatic carbocycles. The van der Waals surface area contributed by atoms with Crippen molar-refractivity contribution in [2.45, 2.75) is 5.92 Å². The fourth-order valence-corrected chi connectivity index (χ4v) is 1.69. The number of benzene rings is 1. The molecule has 0 amide bonds. The van der Waals surface area contributed by atoms with E-state index in [2.05, 4.69) is 5.32 Å². The zero-order chi connectivity index (χ0) is 9.26. The van der Waals surface area contributed by atoms with Crippen LogP contribution >= 0.6 is 11.6 Å². The third-order valence-corrected chi connectivity index (χ3v) is 2.65. The average Bonchev–Trinajstić information content (AvgIpc) is 2.05. The van der Waals surface area contributed by atoms with Crippen LogP contribution in [0.1, 0.15) is 11.5 Å². The molecule has 0 spiro atoms. The van der Waals surface area contributed by atoms with Crippen LogP contribution in [0.4, 0.5) is 0 Å². The average molecular weight is 198 g/mol. The van der Waals surface area contributed by atoms with E-state index >= 15 is 0 Å². The predicted molar refractivity (Wildman–Crippen MR) is 53.6 cm³/mol. The molecule has 0 unspecified atom stereocenters. The van der Waals surface area contributed by atoms with Gasteiger partial charge in [0.05, 0.1) is 7.11 Å². The second-order valence-corrected chi connectivity index (χ2v) is 3.68. The first-order valence-electron chi connectivity index (χ1n) is 4.35. The molecule has 3 heteroatoms. The SMILES string of the molecule is COc1cc(Cl)ccc1C1CNC1. The van der Waals surface area contributed by atoms with Crippen LogP contribution in [-0.2, 0) is 0 Å². The maximum Gasteiger partial charge on any atom is 0.123 e. The Morgan fingerprint density at radius 1 is 1.46 bits per heavy atom. The fraction of sp³-hybridized carbons (Fsp3) is 0.400. The number of methoxy groups -OCH3 is 1. The summed E-state index contributed by atoms with van der Waals surface area (Å²) in [5, 5.41) is 3.97. The molecule has 2 rings (SSSR count). The summed E-state index contributed by atoms with van der Waals surface area (Å²) in [5.74, 6) is 1.49. The number of nitrogens with one attached hydrogen (secondary N) is 1. The monoisotopic (exact) mass is 197 g/mol. The topological polar surface area (TPSA) is 21.3 Å². The molecule has 1 aliphatic heterocycles. The summed E-state index contributed by atoms with van der Waals surface area (Å²) in [6.45, 7) is 2.08. The van der Waals surface area contributed by atoms with Gasteiger partial charge in [0, 0.05) is 24.0 Å². The van der Waals surface area contributed by atoms with E-state index in [-0.39, 0.29) is 0 Å². The standard InChI is InChI=1S/C10H12ClNO/c1-13-10-4-8(11)2-3-9(10)7-5-12-6-7/h2-4,7,12H,5-6H2,1H3. The van der Waals surface area contributed by atoms with Gasteiger partial charge in [-0.2, -0.15) is 0 Å². The second kappa shape index (κ2) is 3.56. The molecule has 0 atom stereocenters. The van der Waals surface area contributed by atoms with Gasteiger partial charge in [0.2, 0.25) is 0 Å². The summed E-state index contributed by atoms with van der Waals surface area (Å²) in [7, 11) is 1.68. The first kappa shape index (κ1) is 8.85. The maximum absolute atomic E-state index is 5.87. The van der Waals surface area contributed by atoms with E-state index in [0.717, 1.165) is 23.9 Å². The Kier molecular flexibility index (Phi) is 2.42. The highest BCUT2D eigenvalue weighted by Gasteiger charge is 2.22. The molecule has 0 bridgehead atoms. The van der Waals surface area contributed by atoms with Crippen molar-refractivity contribution in [2.24, 2.45) is 0 Å². The lowest BCUT2D eigenvalue weighted by atomic mass is 9.93. The van der Waals surface area contributed by atoms with E-state index in [1.54, 1.807) is 7.11 Å². The van der Waals surface area contributed by atoms with E-state index in [0.29, 0.717) is 5.92 Å². The van der Waals surface area contributed by atoms with Crippen molar-refractivity contribution in [1.82, 2.24) is 5.32 Å². The van der Waals surface area contributed by atoms with Gasteiger partial charge in [-0.05, 0) is 17.7 Å². The molecule has 0 aromatic heterocycles. The van der Waals surface area contributed by atoms with Crippen LogP contribution in [0.25, 0.3) is 0 Å². The van der Waals surface area contributed by atoms with Crippen LogP contribution in [-0.4, -0.2) is 20.2 Å². The minimum absolute atomic E-state index is 0.590. The zero-order valence-corrected chi connectivity index (χ0v) is 8.27. The highest BCUT2D eigenvalue weighted by molar-refractivity contribution is 6.30. The minimum Gasteiger partial charge on any atom is -0.496 e. The number of halogens is 1. The largest absolute Gasteiger partial charge is 0.496 e. The Labute approximate surface area is 82.9 Å². The van der Waals surface area contributed by atoms with Crippen molar-refractivity contribution in [2.75, 3.05) is 20.2 Å². The van der Waals surface area contributed by atoms with Gasteiger partial charge in [0.15, 0.2) is 0 Å². The van der Waals surface area contributed by atoms with Crippen LogP contribution < -0.4 is 10.1 Å². The third-order valence-electron chi connectivity index (χ3n) is 2.42. The Morgan fingerprint density at radius 3 is 2.77 bits per heavy atom. The smallest absolute Gasteiger partial charge is 0.123 e. The highest BCUT2D eigenvalue weighted by atomic mass is 35.5. The molecular weight excluding hydrogens is 186 g/mol. The lowest BCUT2D eigenvalue weighted by Crippen LogP contribution is -2.40. The van der Waals surface area contributed by atoms with Crippen LogP contribution in [0.5, 0.6) is 5.75 Å². The van der Waals surface area contributed by atoms with E-state index in [9.17, 15) is 0 Å². The van der Waals surface area contributed by atoms with E-state index in [1.807, 2.05) is 18.2 Å². The molecule has 1 N–H and O–H groups in total. The number of hydrogen-bond donors (Lipinski definition) is 1. The first-order valence-corrected chi connectivity index (χ1v) is 4.73. The van der Waals surface area contributed by atoms with E-state index in [4.69, 9.17) is 16.3 Å². The van der Waals surface area contributed by atoms with Gasteiger partial charge in [-0.15, -0.1) is 0 Å². The summed E-state index contributed by atoms with van der Waals surface area (Å²) < 4.78 is 5.27. The number of ether oxygens (including phenoxy) is 1. The Hall–Kier alpha value is -0.730. The van der Waals surface area contributed by atoms with Crippen LogP contribution in [0.15, 0.2) is 18.2 Å². The van der Waals surface area contributed by atoms with Crippen molar-refractivity contribution >= 4 is 11.6 Å². The quantitative estimate of drug-likeness (QED) is 0.784. The van der Waals surface area contributed by atoms with Crippen molar-refractivity contribution in [3.05, 3.63) is 28.8 Å². The van der Waals surface area contributed by atoms with Crippen LogP contribution in [0.2, 0.25) is 5.02 Å². The molecule has 0 aliphatic carbocycles. The Morgan fingerprint density at radius 2 is 2.23 bits per heavy atom. The van der Waals surface area contributed by atoms with Gasteiger partial charge in [0.1, 0.15) is 5.75 Å². The van der Waals surface area contributed by atoms with Gasteiger partial charge in [-0.25, -0.2) is 0 Å². The van der Waals surface area contributed by atoms with Gasteiger partial charge >= 0.3 is 0 Å². The molecular formula is C10H12ClNO. The zero-order valence-electron chi connectivity index (χ0n) is 7.51. The molecule has 1 saturated heterocycles. The fourth-order valence-electron chi connectivity index (χ4n) is 1.53. The molecule has 0 radical (unpaired) electrons. The minimum atomic E-state index is 0.590. The van der Waals surface area contributed by atoms with Crippen molar-refractivity contribution in [3.8, 4) is 5.75 Å². The maximum atomic E-state index is 5.87. The van der Waals surface area contributed by atoms with Gasteiger partial charge in [-0.3, -0.25) is 0 Å².